The number of rotatable bonds is 1. The van der Waals surface area contributed by atoms with Gasteiger partial charge in [-0.05, 0) is 35.9 Å². The van der Waals surface area contributed by atoms with Crippen molar-refractivity contribution < 1.29 is 14.0 Å². The molecule has 0 aliphatic carbocycles. The monoisotopic (exact) mass is 359 g/mol. The van der Waals surface area contributed by atoms with Gasteiger partial charge < -0.3 is 15.5 Å². The predicted octanol–water partition coefficient (Wildman–Crippen LogP) is 2.51. The summed E-state index contributed by atoms with van der Waals surface area (Å²) in [4.78, 5) is 26.9. The summed E-state index contributed by atoms with van der Waals surface area (Å²) < 4.78 is 14.2. The maximum Gasteiger partial charge on any atom is 0.256 e. The van der Waals surface area contributed by atoms with E-state index < -0.39 is 11.9 Å². The van der Waals surface area contributed by atoms with Crippen LogP contribution in [0.4, 0.5) is 10.1 Å². The molecule has 128 valence electrons. The fourth-order valence-corrected chi connectivity index (χ4v) is 3.43. The van der Waals surface area contributed by atoms with Crippen molar-refractivity contribution in [2.24, 2.45) is 0 Å². The molecule has 4 rings (SSSR count). The summed E-state index contributed by atoms with van der Waals surface area (Å²) in [5.41, 5.74) is 1.73. The van der Waals surface area contributed by atoms with Crippen molar-refractivity contribution in [2.45, 2.75) is 6.04 Å². The number of amides is 2. The molecule has 5 nitrogen and oxygen atoms in total. The van der Waals surface area contributed by atoms with E-state index in [1.165, 1.54) is 6.07 Å². The van der Waals surface area contributed by atoms with Crippen molar-refractivity contribution in [3.05, 3.63) is 52.8 Å². The Morgan fingerprint density at radius 2 is 1.96 bits per heavy atom. The van der Waals surface area contributed by atoms with Gasteiger partial charge in [0.25, 0.3) is 5.91 Å². The second-order valence-corrected chi connectivity index (χ2v) is 6.53. The highest BCUT2D eigenvalue weighted by molar-refractivity contribution is 6.30. The lowest BCUT2D eigenvalue weighted by molar-refractivity contribution is -0.120. The molecule has 1 saturated heterocycles. The second-order valence-electron chi connectivity index (χ2n) is 6.09. The summed E-state index contributed by atoms with van der Waals surface area (Å²) in [5.74, 6) is -0.904. The third-order valence-electron chi connectivity index (χ3n) is 4.56. The Bertz CT molecular complexity index is 887. The number of nitrogens with zero attached hydrogens (tertiary/aromatic N) is 1. The zero-order chi connectivity index (χ0) is 17.6. The third kappa shape index (κ3) is 2.77. The van der Waals surface area contributed by atoms with E-state index in [9.17, 15) is 14.0 Å². The molecule has 0 spiro atoms. The van der Waals surface area contributed by atoms with E-state index in [1.54, 1.807) is 35.2 Å². The van der Waals surface area contributed by atoms with Crippen LogP contribution < -0.4 is 10.6 Å². The molecule has 2 aromatic carbocycles. The van der Waals surface area contributed by atoms with Crippen molar-refractivity contribution in [1.82, 2.24) is 10.2 Å². The van der Waals surface area contributed by atoms with E-state index in [0.717, 1.165) is 0 Å². The van der Waals surface area contributed by atoms with Crippen molar-refractivity contribution in [3.8, 4) is 11.1 Å². The highest BCUT2D eigenvalue weighted by Crippen LogP contribution is 2.31. The highest BCUT2D eigenvalue weighted by atomic mass is 35.5. The number of halogens is 2. The molecule has 7 heteroatoms. The average Bonchev–Trinajstić information content (AvgIpc) is 2.71. The molecular weight excluding hydrogens is 345 g/mol. The third-order valence-corrected chi connectivity index (χ3v) is 4.79. The Balaban J connectivity index is 1.80. The molecule has 2 aromatic rings. The van der Waals surface area contributed by atoms with Gasteiger partial charge in [0.15, 0.2) is 0 Å². The summed E-state index contributed by atoms with van der Waals surface area (Å²) >= 11 is 5.80. The number of hydrogen-bond donors (Lipinski definition) is 2. The van der Waals surface area contributed by atoms with Crippen molar-refractivity contribution in [2.75, 3.05) is 25.0 Å². The Morgan fingerprint density at radius 1 is 1.12 bits per heavy atom. The van der Waals surface area contributed by atoms with Gasteiger partial charge in [0, 0.05) is 30.2 Å². The summed E-state index contributed by atoms with van der Waals surface area (Å²) in [5, 5.41) is 6.23. The maximum atomic E-state index is 14.2. The zero-order valence-electron chi connectivity index (χ0n) is 13.2. The average molecular weight is 360 g/mol. The fraction of sp³-hybridized carbons (Fsp3) is 0.222. The summed E-state index contributed by atoms with van der Waals surface area (Å²) in [6, 6.07) is 8.81. The van der Waals surface area contributed by atoms with Crippen LogP contribution in [0.15, 0.2) is 36.4 Å². The minimum atomic E-state index is -0.538. The van der Waals surface area contributed by atoms with Crippen LogP contribution in [0.5, 0.6) is 0 Å². The van der Waals surface area contributed by atoms with Crippen LogP contribution in [-0.4, -0.2) is 42.4 Å². The first-order valence-electron chi connectivity index (χ1n) is 7.96. The van der Waals surface area contributed by atoms with Gasteiger partial charge in [0.1, 0.15) is 11.9 Å². The van der Waals surface area contributed by atoms with Crippen molar-refractivity contribution in [1.29, 1.82) is 0 Å². The lowest BCUT2D eigenvalue weighted by atomic mass is 10.0. The van der Waals surface area contributed by atoms with Crippen molar-refractivity contribution in [3.63, 3.8) is 0 Å². The van der Waals surface area contributed by atoms with Gasteiger partial charge in [0.2, 0.25) is 5.91 Å². The molecule has 2 aliphatic heterocycles. The lowest BCUT2D eigenvalue weighted by Crippen LogP contribution is -2.57. The topological polar surface area (TPSA) is 61.4 Å². The fourth-order valence-electron chi connectivity index (χ4n) is 3.27. The number of carbonyl (C=O) groups excluding carboxylic acids is 2. The van der Waals surface area contributed by atoms with Gasteiger partial charge in [-0.15, -0.1) is 0 Å². The van der Waals surface area contributed by atoms with Gasteiger partial charge >= 0.3 is 0 Å². The van der Waals surface area contributed by atoms with E-state index >= 15 is 0 Å². The predicted molar refractivity (Wildman–Crippen MR) is 93.2 cm³/mol. The molecule has 1 fully saturated rings. The number of hydrogen-bond acceptors (Lipinski definition) is 3. The second kappa shape index (κ2) is 6.13. The Labute approximate surface area is 148 Å². The quantitative estimate of drug-likeness (QED) is 0.822. The van der Waals surface area contributed by atoms with Gasteiger partial charge in [-0.3, -0.25) is 9.59 Å². The Hall–Kier alpha value is -2.44. The number of nitrogens with one attached hydrogen (secondary N) is 2. The van der Waals surface area contributed by atoms with E-state index in [-0.39, 0.29) is 11.8 Å². The Morgan fingerprint density at radius 3 is 2.76 bits per heavy atom. The highest BCUT2D eigenvalue weighted by Gasteiger charge is 2.36. The first-order valence-corrected chi connectivity index (χ1v) is 8.34. The number of carbonyl (C=O) groups is 2. The largest absolute Gasteiger partial charge is 0.324 e. The minimum Gasteiger partial charge on any atom is -0.324 e. The van der Waals surface area contributed by atoms with Crippen LogP contribution in [0.1, 0.15) is 10.4 Å². The molecule has 25 heavy (non-hydrogen) atoms. The standard InChI is InChI=1S/C18H15ClFN3O2/c19-11-2-3-12(14(20)8-11)10-1-4-15-13(7-10)18(25)23-6-5-21-9-16(23)17(24)22-15/h1-4,7-8,16,21H,5-6,9H2,(H,22,24)/t16-/m1/s1. The van der Waals surface area contributed by atoms with Crippen LogP contribution in [0, 0.1) is 5.82 Å². The van der Waals surface area contributed by atoms with Crippen LogP contribution >= 0.6 is 11.6 Å². The normalized spacial score (nSPS) is 19.8. The molecule has 2 amide bonds. The summed E-state index contributed by atoms with van der Waals surface area (Å²) in [6.07, 6.45) is 0. The van der Waals surface area contributed by atoms with Crippen LogP contribution in [0.2, 0.25) is 5.02 Å². The molecule has 0 aromatic heterocycles. The molecule has 2 heterocycles. The molecule has 0 unspecified atom stereocenters. The summed E-state index contributed by atoms with van der Waals surface area (Å²) in [6.45, 7) is 1.51. The molecule has 0 saturated carbocycles. The smallest absolute Gasteiger partial charge is 0.256 e. The Kier molecular flexibility index (Phi) is 3.94. The van der Waals surface area contributed by atoms with Crippen LogP contribution in [0.25, 0.3) is 11.1 Å². The first kappa shape index (κ1) is 16.1. The maximum absolute atomic E-state index is 14.2. The molecule has 0 bridgehead atoms. The number of anilines is 1. The molecule has 2 N–H and O–H groups in total. The molecular formula is C18H15ClFN3O2. The van der Waals surface area contributed by atoms with Gasteiger partial charge in [-0.25, -0.2) is 4.39 Å². The van der Waals surface area contributed by atoms with Crippen LogP contribution in [-0.2, 0) is 4.79 Å². The van der Waals surface area contributed by atoms with E-state index in [2.05, 4.69) is 10.6 Å². The SMILES string of the molecule is O=C1Nc2ccc(-c3ccc(Cl)cc3F)cc2C(=O)N2CCNC[C@H]12. The van der Waals surface area contributed by atoms with E-state index in [1.807, 2.05) is 0 Å². The first-order chi connectivity index (χ1) is 12.0. The van der Waals surface area contributed by atoms with Gasteiger partial charge in [0.05, 0.1) is 11.3 Å². The number of benzene rings is 2. The number of piperazine rings is 1. The van der Waals surface area contributed by atoms with Gasteiger partial charge in [-0.2, -0.15) is 0 Å². The van der Waals surface area contributed by atoms with E-state index in [0.29, 0.717) is 47.0 Å². The summed E-state index contributed by atoms with van der Waals surface area (Å²) in [7, 11) is 0. The van der Waals surface area contributed by atoms with Crippen LogP contribution in [0.3, 0.4) is 0 Å². The van der Waals surface area contributed by atoms with Crippen molar-refractivity contribution >= 4 is 29.1 Å². The number of fused-ring (bicyclic) bond motifs is 2. The van der Waals surface area contributed by atoms with Gasteiger partial charge in [-0.1, -0.05) is 17.7 Å². The molecule has 2 aliphatic rings. The minimum absolute atomic E-state index is 0.218. The zero-order valence-corrected chi connectivity index (χ0v) is 13.9. The molecule has 1 atom stereocenters. The van der Waals surface area contributed by atoms with E-state index in [4.69, 9.17) is 11.6 Å². The molecule has 0 radical (unpaired) electrons. The lowest BCUT2D eigenvalue weighted by Gasteiger charge is -2.33.